The summed E-state index contributed by atoms with van der Waals surface area (Å²) in [6.45, 7) is 0. The molecule has 0 saturated carbocycles. The number of rotatable bonds is 5. The van der Waals surface area contributed by atoms with Crippen molar-refractivity contribution in [1.82, 2.24) is 5.32 Å². The largest absolute Gasteiger partial charge is 0.306 e. The minimum atomic E-state index is -3.01. The van der Waals surface area contributed by atoms with E-state index < -0.39 is 9.84 Å². The van der Waals surface area contributed by atoms with Crippen molar-refractivity contribution in [3.8, 4) is 0 Å². The minimum absolute atomic E-state index is 0.0853. The van der Waals surface area contributed by atoms with Crippen molar-refractivity contribution in [2.75, 3.05) is 11.5 Å². The van der Waals surface area contributed by atoms with E-state index in [0.29, 0.717) is 12.8 Å². The Balaban J connectivity index is 1.83. The summed E-state index contributed by atoms with van der Waals surface area (Å²) in [6.07, 6.45) is 0.995. The van der Waals surface area contributed by atoms with Gasteiger partial charge in [-0.25, -0.2) is 17.2 Å². The van der Waals surface area contributed by atoms with Gasteiger partial charge in [-0.3, -0.25) is 0 Å². The van der Waals surface area contributed by atoms with Gasteiger partial charge in [-0.2, -0.15) is 0 Å². The highest BCUT2D eigenvalue weighted by Crippen LogP contribution is 2.23. The van der Waals surface area contributed by atoms with Crippen molar-refractivity contribution >= 4 is 9.84 Å². The highest BCUT2D eigenvalue weighted by atomic mass is 32.2. The van der Waals surface area contributed by atoms with Gasteiger partial charge in [0.1, 0.15) is 11.6 Å². The summed E-state index contributed by atoms with van der Waals surface area (Å²) in [5, 5.41) is 3.31. The lowest BCUT2D eigenvalue weighted by Gasteiger charge is -2.23. The first-order valence-corrected chi connectivity index (χ1v) is 9.70. The summed E-state index contributed by atoms with van der Waals surface area (Å²) in [4.78, 5) is 0. The molecule has 2 aromatic rings. The van der Waals surface area contributed by atoms with Crippen molar-refractivity contribution in [2.45, 2.75) is 24.9 Å². The third-order valence-corrected chi connectivity index (χ3v) is 6.02. The average Bonchev–Trinajstić information content (AvgIpc) is 2.86. The van der Waals surface area contributed by atoms with Crippen molar-refractivity contribution in [3.05, 3.63) is 71.3 Å². The molecular formula is C18H19F2NO2S. The smallest absolute Gasteiger partial charge is 0.151 e. The maximum atomic E-state index is 13.6. The second kappa shape index (κ2) is 6.99. The standard InChI is InChI=1S/C18H19F2NO2S/c19-15-5-1-3-13(9-15)10-18(14-4-2-6-16(20)11-14)21-17-7-8-24(22,23)12-17/h1-6,9,11,17-18,21H,7-8,10,12H2/t17-,18+/m1/s1. The molecule has 0 bridgehead atoms. The number of halogens is 2. The number of hydrogen-bond acceptors (Lipinski definition) is 3. The van der Waals surface area contributed by atoms with Gasteiger partial charge in [0.05, 0.1) is 11.5 Å². The van der Waals surface area contributed by atoms with Gasteiger partial charge in [-0.1, -0.05) is 24.3 Å². The zero-order chi connectivity index (χ0) is 17.2. The molecule has 1 fully saturated rings. The Bertz CT molecular complexity index is 823. The van der Waals surface area contributed by atoms with E-state index >= 15 is 0 Å². The van der Waals surface area contributed by atoms with Gasteiger partial charge in [0.2, 0.25) is 0 Å². The van der Waals surface area contributed by atoms with Gasteiger partial charge in [0.15, 0.2) is 9.84 Å². The molecule has 2 aromatic carbocycles. The number of sulfone groups is 1. The third-order valence-electron chi connectivity index (χ3n) is 4.25. The molecule has 1 aliphatic heterocycles. The normalized spacial score (nSPS) is 20.8. The van der Waals surface area contributed by atoms with Crippen molar-refractivity contribution < 1.29 is 17.2 Å². The first-order valence-electron chi connectivity index (χ1n) is 7.88. The lowest BCUT2D eigenvalue weighted by molar-refractivity contribution is 0.454. The van der Waals surface area contributed by atoms with E-state index in [0.717, 1.165) is 11.1 Å². The van der Waals surface area contributed by atoms with Crippen LogP contribution in [0.15, 0.2) is 48.5 Å². The van der Waals surface area contributed by atoms with Crippen LogP contribution in [-0.2, 0) is 16.3 Å². The Morgan fingerprint density at radius 3 is 2.42 bits per heavy atom. The Labute approximate surface area is 140 Å². The fraction of sp³-hybridized carbons (Fsp3) is 0.333. The molecule has 2 atom stereocenters. The molecule has 0 radical (unpaired) electrons. The van der Waals surface area contributed by atoms with Crippen LogP contribution in [0.4, 0.5) is 8.78 Å². The highest BCUT2D eigenvalue weighted by molar-refractivity contribution is 7.91. The Morgan fingerprint density at radius 1 is 1.08 bits per heavy atom. The Hall–Kier alpha value is -1.79. The van der Waals surface area contributed by atoms with Gasteiger partial charge >= 0.3 is 0 Å². The van der Waals surface area contributed by atoms with Gasteiger partial charge in [-0.05, 0) is 48.2 Å². The quantitative estimate of drug-likeness (QED) is 0.901. The van der Waals surface area contributed by atoms with Crippen molar-refractivity contribution in [2.24, 2.45) is 0 Å². The summed E-state index contributed by atoms with van der Waals surface area (Å²) in [5.41, 5.74) is 1.50. The Morgan fingerprint density at radius 2 is 1.79 bits per heavy atom. The van der Waals surface area contributed by atoms with Crippen LogP contribution in [0.5, 0.6) is 0 Å². The lowest BCUT2D eigenvalue weighted by atomic mass is 9.97. The molecule has 3 rings (SSSR count). The topological polar surface area (TPSA) is 46.2 Å². The SMILES string of the molecule is O=S1(=O)CC[C@@H](N[C@@H](Cc2cccc(F)c2)c2cccc(F)c2)C1. The van der Waals surface area contributed by atoms with Crippen LogP contribution in [0.3, 0.4) is 0 Å². The summed E-state index contributed by atoms with van der Waals surface area (Å²) in [7, 11) is -3.01. The lowest BCUT2D eigenvalue weighted by Crippen LogP contribution is -2.35. The van der Waals surface area contributed by atoms with E-state index in [2.05, 4.69) is 5.32 Å². The summed E-state index contributed by atoms with van der Waals surface area (Å²) in [6, 6.07) is 12.0. The summed E-state index contributed by atoms with van der Waals surface area (Å²) >= 11 is 0. The molecule has 24 heavy (non-hydrogen) atoms. The van der Waals surface area contributed by atoms with Crippen LogP contribution in [0, 0.1) is 11.6 Å². The van der Waals surface area contributed by atoms with Gasteiger partial charge in [0, 0.05) is 12.1 Å². The maximum absolute atomic E-state index is 13.6. The third kappa shape index (κ3) is 4.39. The zero-order valence-electron chi connectivity index (χ0n) is 13.1. The molecule has 128 valence electrons. The predicted molar refractivity (Wildman–Crippen MR) is 89.4 cm³/mol. The molecule has 1 N–H and O–H groups in total. The molecule has 3 nitrogen and oxygen atoms in total. The maximum Gasteiger partial charge on any atom is 0.151 e. The van der Waals surface area contributed by atoms with E-state index in [1.807, 2.05) is 6.07 Å². The van der Waals surface area contributed by atoms with E-state index in [4.69, 9.17) is 0 Å². The average molecular weight is 351 g/mol. The molecule has 0 unspecified atom stereocenters. The first-order chi connectivity index (χ1) is 11.4. The Kier molecular flexibility index (Phi) is 4.96. The molecule has 0 aromatic heterocycles. The number of hydrogen-bond donors (Lipinski definition) is 1. The molecular weight excluding hydrogens is 332 g/mol. The zero-order valence-corrected chi connectivity index (χ0v) is 13.9. The van der Waals surface area contributed by atoms with Gasteiger partial charge < -0.3 is 5.32 Å². The van der Waals surface area contributed by atoms with Crippen LogP contribution in [0.25, 0.3) is 0 Å². The number of nitrogens with one attached hydrogen (secondary N) is 1. The minimum Gasteiger partial charge on any atom is -0.306 e. The second-order valence-electron chi connectivity index (χ2n) is 6.21. The molecule has 1 aliphatic rings. The number of benzene rings is 2. The van der Waals surface area contributed by atoms with Gasteiger partial charge in [-0.15, -0.1) is 0 Å². The fourth-order valence-corrected chi connectivity index (χ4v) is 4.79. The monoisotopic (exact) mass is 351 g/mol. The fourth-order valence-electron chi connectivity index (χ4n) is 3.11. The summed E-state index contributed by atoms with van der Waals surface area (Å²) in [5.74, 6) is -0.422. The second-order valence-corrected chi connectivity index (χ2v) is 8.44. The van der Waals surface area contributed by atoms with Crippen molar-refractivity contribution in [1.29, 1.82) is 0 Å². The van der Waals surface area contributed by atoms with Crippen LogP contribution in [0.2, 0.25) is 0 Å². The van der Waals surface area contributed by atoms with Gasteiger partial charge in [0.25, 0.3) is 0 Å². The van der Waals surface area contributed by atoms with E-state index in [9.17, 15) is 17.2 Å². The van der Waals surface area contributed by atoms with E-state index in [1.54, 1.807) is 18.2 Å². The first kappa shape index (κ1) is 17.0. The van der Waals surface area contributed by atoms with E-state index in [-0.39, 0.29) is 35.2 Å². The molecule has 6 heteroatoms. The molecule has 0 spiro atoms. The molecule has 0 amide bonds. The highest BCUT2D eigenvalue weighted by Gasteiger charge is 2.29. The van der Waals surface area contributed by atoms with E-state index in [1.165, 1.54) is 24.3 Å². The van der Waals surface area contributed by atoms with Crippen molar-refractivity contribution in [3.63, 3.8) is 0 Å². The molecule has 1 saturated heterocycles. The van der Waals surface area contributed by atoms with Crippen LogP contribution in [0.1, 0.15) is 23.6 Å². The van der Waals surface area contributed by atoms with Crippen LogP contribution in [-0.4, -0.2) is 26.0 Å². The predicted octanol–water partition coefficient (Wildman–Crippen LogP) is 3.03. The molecule has 1 heterocycles. The van der Waals surface area contributed by atoms with Crippen LogP contribution >= 0.6 is 0 Å². The summed E-state index contributed by atoms with van der Waals surface area (Å²) < 4.78 is 50.3. The van der Waals surface area contributed by atoms with Crippen LogP contribution < -0.4 is 5.32 Å². The molecule has 0 aliphatic carbocycles.